The van der Waals surface area contributed by atoms with Gasteiger partial charge in [-0.3, -0.25) is 0 Å². The van der Waals surface area contributed by atoms with Gasteiger partial charge >= 0.3 is 0 Å². The number of rotatable bonds is 3. The Kier molecular flexibility index (Phi) is 3.69. The summed E-state index contributed by atoms with van der Waals surface area (Å²) in [5.41, 5.74) is 2.62. The minimum Gasteiger partial charge on any atom is -0.492 e. The molecule has 3 rings (SSSR count). The van der Waals surface area contributed by atoms with E-state index in [2.05, 4.69) is 28.8 Å². The quantitative estimate of drug-likeness (QED) is 0.860. The first kappa shape index (κ1) is 11.8. The van der Waals surface area contributed by atoms with Gasteiger partial charge in [-0.15, -0.1) is 0 Å². The molecule has 0 aliphatic carbocycles. The van der Waals surface area contributed by atoms with Crippen LogP contribution in [0.3, 0.4) is 0 Å². The van der Waals surface area contributed by atoms with E-state index in [0.29, 0.717) is 6.04 Å². The van der Waals surface area contributed by atoms with Crippen LogP contribution in [-0.2, 0) is 6.42 Å². The van der Waals surface area contributed by atoms with Crippen molar-refractivity contribution in [2.24, 2.45) is 0 Å². The fourth-order valence-electron chi connectivity index (χ4n) is 2.87. The lowest BCUT2D eigenvalue weighted by molar-refractivity contribution is 0.237. The maximum Gasteiger partial charge on any atom is 0.124 e. The molecule has 0 saturated carbocycles. The predicted molar refractivity (Wildman–Crippen MR) is 74.4 cm³/mol. The van der Waals surface area contributed by atoms with Crippen LogP contribution in [-0.4, -0.2) is 25.7 Å². The van der Waals surface area contributed by atoms with E-state index >= 15 is 0 Å². The molecule has 0 bridgehead atoms. The number of hydrogen-bond acceptors (Lipinski definition) is 3. The molecule has 1 atom stereocenters. The van der Waals surface area contributed by atoms with Gasteiger partial charge in [-0.1, -0.05) is 12.5 Å². The lowest BCUT2D eigenvalue weighted by Gasteiger charge is -2.25. The summed E-state index contributed by atoms with van der Waals surface area (Å²) in [5, 5.41) is 6.97. The second kappa shape index (κ2) is 5.61. The van der Waals surface area contributed by atoms with Crippen LogP contribution in [0.5, 0.6) is 5.75 Å². The summed E-state index contributed by atoms with van der Waals surface area (Å²) in [6.07, 6.45) is 6.22. The van der Waals surface area contributed by atoms with Crippen molar-refractivity contribution in [3.8, 4) is 5.75 Å². The van der Waals surface area contributed by atoms with Gasteiger partial charge in [0.2, 0.25) is 0 Å². The molecule has 0 spiro atoms. The molecular formula is C15H22N2O. The fraction of sp³-hybridized carbons (Fsp3) is 0.600. The third-order valence-electron chi connectivity index (χ3n) is 3.90. The van der Waals surface area contributed by atoms with Crippen LogP contribution in [0.4, 0.5) is 5.69 Å². The van der Waals surface area contributed by atoms with Crippen molar-refractivity contribution in [3.63, 3.8) is 0 Å². The maximum absolute atomic E-state index is 6.04. The number of benzene rings is 1. The van der Waals surface area contributed by atoms with Crippen LogP contribution in [0.25, 0.3) is 0 Å². The Morgan fingerprint density at radius 1 is 1.17 bits per heavy atom. The van der Waals surface area contributed by atoms with Crippen molar-refractivity contribution in [2.75, 3.05) is 25.0 Å². The maximum atomic E-state index is 6.04. The molecule has 1 saturated heterocycles. The van der Waals surface area contributed by atoms with Crippen molar-refractivity contribution >= 4 is 5.69 Å². The van der Waals surface area contributed by atoms with Crippen molar-refractivity contribution in [3.05, 3.63) is 23.8 Å². The smallest absolute Gasteiger partial charge is 0.124 e. The highest BCUT2D eigenvalue weighted by Crippen LogP contribution is 2.30. The van der Waals surface area contributed by atoms with E-state index in [1.807, 2.05) is 0 Å². The van der Waals surface area contributed by atoms with Gasteiger partial charge in [0.1, 0.15) is 12.4 Å². The third-order valence-corrected chi connectivity index (χ3v) is 3.90. The largest absolute Gasteiger partial charge is 0.492 e. The molecule has 1 fully saturated rings. The highest BCUT2D eigenvalue weighted by molar-refractivity contribution is 5.59. The zero-order valence-corrected chi connectivity index (χ0v) is 10.9. The van der Waals surface area contributed by atoms with E-state index in [9.17, 15) is 0 Å². The molecule has 1 aromatic rings. The first-order chi connectivity index (χ1) is 8.93. The van der Waals surface area contributed by atoms with Crippen LogP contribution in [0.15, 0.2) is 18.2 Å². The number of fused-ring (bicyclic) bond motifs is 1. The molecule has 2 aliphatic rings. The molecule has 0 aromatic heterocycles. The van der Waals surface area contributed by atoms with Crippen LogP contribution < -0.4 is 15.4 Å². The Morgan fingerprint density at radius 3 is 3.06 bits per heavy atom. The van der Waals surface area contributed by atoms with Gasteiger partial charge in [-0.05, 0) is 44.4 Å². The lowest BCUT2D eigenvalue weighted by atomic mass is 10.0. The van der Waals surface area contributed by atoms with E-state index in [0.717, 1.165) is 31.9 Å². The van der Waals surface area contributed by atoms with Gasteiger partial charge in [-0.25, -0.2) is 0 Å². The van der Waals surface area contributed by atoms with Gasteiger partial charge in [0.05, 0.1) is 0 Å². The number of nitrogens with one attached hydrogen (secondary N) is 2. The summed E-state index contributed by atoms with van der Waals surface area (Å²) in [6.45, 7) is 3.03. The molecule has 0 radical (unpaired) electrons. The van der Waals surface area contributed by atoms with Crippen molar-refractivity contribution in [2.45, 2.75) is 38.1 Å². The summed E-state index contributed by atoms with van der Waals surface area (Å²) >= 11 is 0. The Labute approximate surface area is 109 Å². The van der Waals surface area contributed by atoms with Gasteiger partial charge in [0, 0.05) is 23.8 Å². The molecule has 2 heterocycles. The normalized spacial score (nSPS) is 23.0. The molecular weight excluding hydrogens is 224 g/mol. The number of piperidine rings is 1. The average Bonchev–Trinajstić information content (AvgIpc) is 2.46. The van der Waals surface area contributed by atoms with Gasteiger partial charge in [0.25, 0.3) is 0 Å². The van der Waals surface area contributed by atoms with Gasteiger partial charge < -0.3 is 15.4 Å². The molecule has 2 N–H and O–H groups in total. The number of ether oxygens (including phenoxy) is 1. The van der Waals surface area contributed by atoms with Crippen LogP contribution in [0.1, 0.15) is 31.2 Å². The second-order valence-corrected chi connectivity index (χ2v) is 5.27. The molecule has 3 heteroatoms. The highest BCUT2D eigenvalue weighted by Gasteiger charge is 2.16. The molecule has 1 aromatic carbocycles. The van der Waals surface area contributed by atoms with Crippen LogP contribution in [0.2, 0.25) is 0 Å². The van der Waals surface area contributed by atoms with E-state index in [-0.39, 0.29) is 0 Å². The first-order valence-corrected chi connectivity index (χ1v) is 7.15. The summed E-state index contributed by atoms with van der Waals surface area (Å²) in [6, 6.07) is 6.88. The Morgan fingerprint density at radius 2 is 2.17 bits per heavy atom. The molecule has 98 valence electrons. The second-order valence-electron chi connectivity index (χ2n) is 5.27. The summed E-state index contributed by atoms with van der Waals surface area (Å²) in [7, 11) is 0. The van der Waals surface area contributed by atoms with Crippen molar-refractivity contribution in [1.82, 2.24) is 5.32 Å². The zero-order valence-electron chi connectivity index (χ0n) is 10.9. The Bertz CT molecular complexity index is 399. The van der Waals surface area contributed by atoms with Gasteiger partial charge in [0.15, 0.2) is 0 Å². The molecule has 2 aliphatic heterocycles. The van der Waals surface area contributed by atoms with E-state index in [4.69, 9.17) is 4.74 Å². The van der Waals surface area contributed by atoms with Gasteiger partial charge in [-0.2, -0.15) is 0 Å². The Balaban J connectivity index is 1.65. The SMILES string of the molecule is c1cc2c(c(OCC3CCCCN3)c1)CCCN2. The molecule has 3 nitrogen and oxygen atoms in total. The van der Waals surface area contributed by atoms with Crippen LogP contribution >= 0.6 is 0 Å². The summed E-state index contributed by atoms with van der Waals surface area (Å²) in [5.74, 6) is 1.08. The lowest BCUT2D eigenvalue weighted by Crippen LogP contribution is -2.38. The van der Waals surface area contributed by atoms with E-state index < -0.39 is 0 Å². The first-order valence-electron chi connectivity index (χ1n) is 7.15. The molecule has 1 unspecified atom stereocenters. The standard InChI is InChI=1S/C15H22N2O/c1-2-9-16-12(5-1)11-18-15-8-3-7-14-13(15)6-4-10-17-14/h3,7-8,12,16-17H,1-2,4-6,9-11H2. The van der Waals surface area contributed by atoms with E-state index in [1.54, 1.807) is 0 Å². The van der Waals surface area contributed by atoms with E-state index in [1.165, 1.54) is 36.9 Å². The minimum atomic E-state index is 0.533. The fourth-order valence-corrected chi connectivity index (χ4v) is 2.87. The molecule has 18 heavy (non-hydrogen) atoms. The monoisotopic (exact) mass is 246 g/mol. The van der Waals surface area contributed by atoms with Crippen molar-refractivity contribution in [1.29, 1.82) is 0 Å². The Hall–Kier alpha value is -1.22. The number of anilines is 1. The summed E-state index contributed by atoms with van der Waals surface area (Å²) in [4.78, 5) is 0. The predicted octanol–water partition coefficient (Wildman–Crippen LogP) is 2.57. The average molecular weight is 246 g/mol. The third kappa shape index (κ3) is 2.61. The minimum absolute atomic E-state index is 0.533. The zero-order chi connectivity index (χ0) is 12.2. The van der Waals surface area contributed by atoms with Crippen molar-refractivity contribution < 1.29 is 4.74 Å². The summed E-state index contributed by atoms with van der Waals surface area (Å²) < 4.78 is 6.04. The number of hydrogen-bond donors (Lipinski definition) is 2. The molecule has 0 amide bonds. The highest BCUT2D eigenvalue weighted by atomic mass is 16.5. The van der Waals surface area contributed by atoms with Crippen LogP contribution in [0, 0.1) is 0 Å². The topological polar surface area (TPSA) is 33.3 Å².